The largest absolute Gasteiger partial charge is 0.445 e. The van der Waals surface area contributed by atoms with Crippen LogP contribution in [0.25, 0.3) is 0 Å². The molecule has 0 aliphatic carbocycles. The van der Waals surface area contributed by atoms with Crippen molar-refractivity contribution in [3.8, 4) is 0 Å². The van der Waals surface area contributed by atoms with Crippen LogP contribution in [0.1, 0.15) is 12.0 Å². The summed E-state index contributed by atoms with van der Waals surface area (Å²) in [5.41, 5.74) is 0.713. The number of hydrogen-bond acceptors (Lipinski definition) is 3. The number of likely N-dealkylation sites (tertiary alicyclic amines) is 1. The number of Topliss-reactive ketones (excluding diaryl/α,β-unsaturated/α-hetero) is 1. The molecular weight excluding hydrogens is 225 g/mol. The number of ether oxygens (including phenoxy) is 1. The molecular formula is C12H12FNO3. The van der Waals surface area contributed by atoms with Crippen molar-refractivity contribution < 1.29 is 18.7 Å². The molecule has 0 spiro atoms. The number of hydrogen-bond donors (Lipinski definition) is 0. The van der Waals surface area contributed by atoms with Gasteiger partial charge in [0, 0.05) is 13.0 Å². The molecule has 0 saturated carbocycles. The van der Waals surface area contributed by atoms with Crippen molar-refractivity contribution >= 4 is 11.9 Å². The van der Waals surface area contributed by atoms with Gasteiger partial charge in [0.25, 0.3) is 0 Å². The number of benzene rings is 1. The maximum atomic E-state index is 12.6. The standard InChI is InChI=1S/C12H12FNO3/c13-10-3-1-9(2-4-10)8-17-12(16)14-6-5-11(15)7-14/h1-4H,5-8H2. The Kier molecular flexibility index (Phi) is 3.37. The van der Waals surface area contributed by atoms with E-state index in [9.17, 15) is 14.0 Å². The van der Waals surface area contributed by atoms with Crippen molar-refractivity contribution in [2.45, 2.75) is 13.0 Å². The van der Waals surface area contributed by atoms with E-state index < -0.39 is 6.09 Å². The molecule has 1 aliphatic heterocycles. The molecule has 1 heterocycles. The Morgan fingerprint density at radius 2 is 2.06 bits per heavy atom. The summed E-state index contributed by atoms with van der Waals surface area (Å²) in [7, 11) is 0. The van der Waals surface area contributed by atoms with E-state index >= 15 is 0 Å². The number of carbonyl (C=O) groups excluding carboxylic acids is 2. The van der Waals surface area contributed by atoms with Crippen LogP contribution in [0.15, 0.2) is 24.3 Å². The summed E-state index contributed by atoms with van der Waals surface area (Å²) in [4.78, 5) is 23.9. The molecule has 1 aromatic rings. The molecule has 0 aromatic heterocycles. The number of halogens is 1. The zero-order valence-corrected chi connectivity index (χ0v) is 9.19. The highest BCUT2D eigenvalue weighted by Crippen LogP contribution is 2.09. The maximum Gasteiger partial charge on any atom is 0.410 e. The third kappa shape index (κ3) is 3.03. The van der Waals surface area contributed by atoms with Gasteiger partial charge >= 0.3 is 6.09 Å². The van der Waals surface area contributed by atoms with E-state index in [0.29, 0.717) is 18.5 Å². The van der Waals surface area contributed by atoms with E-state index in [4.69, 9.17) is 4.74 Å². The fourth-order valence-electron chi connectivity index (χ4n) is 1.60. The van der Waals surface area contributed by atoms with E-state index in [1.54, 1.807) is 12.1 Å². The van der Waals surface area contributed by atoms with Crippen molar-refractivity contribution in [3.63, 3.8) is 0 Å². The van der Waals surface area contributed by atoms with Crippen LogP contribution in [0.5, 0.6) is 0 Å². The van der Waals surface area contributed by atoms with Crippen LogP contribution in [0.2, 0.25) is 0 Å². The monoisotopic (exact) mass is 237 g/mol. The van der Waals surface area contributed by atoms with E-state index in [1.165, 1.54) is 17.0 Å². The van der Waals surface area contributed by atoms with E-state index in [0.717, 1.165) is 0 Å². The quantitative estimate of drug-likeness (QED) is 0.787. The van der Waals surface area contributed by atoms with Crippen molar-refractivity contribution in [2.24, 2.45) is 0 Å². The van der Waals surface area contributed by atoms with Crippen LogP contribution in [0.4, 0.5) is 9.18 Å². The van der Waals surface area contributed by atoms with Gasteiger partial charge in [-0.2, -0.15) is 0 Å². The second kappa shape index (κ2) is 4.95. The lowest BCUT2D eigenvalue weighted by Gasteiger charge is -2.14. The SMILES string of the molecule is O=C1CCN(C(=O)OCc2ccc(F)cc2)C1. The Labute approximate surface area is 98.0 Å². The molecule has 17 heavy (non-hydrogen) atoms. The minimum absolute atomic E-state index is 0.0451. The molecule has 0 bridgehead atoms. The molecule has 5 heteroatoms. The average molecular weight is 237 g/mol. The molecule has 4 nitrogen and oxygen atoms in total. The van der Waals surface area contributed by atoms with Crippen molar-refractivity contribution in [1.82, 2.24) is 4.90 Å². The Hall–Kier alpha value is -1.91. The highest BCUT2D eigenvalue weighted by atomic mass is 19.1. The predicted molar refractivity (Wildman–Crippen MR) is 57.8 cm³/mol. The first-order chi connectivity index (χ1) is 8.15. The average Bonchev–Trinajstić information content (AvgIpc) is 2.75. The van der Waals surface area contributed by atoms with Gasteiger partial charge in [-0.3, -0.25) is 4.79 Å². The second-order valence-corrected chi connectivity index (χ2v) is 3.89. The summed E-state index contributed by atoms with van der Waals surface area (Å²) in [6.07, 6.45) is -0.105. The predicted octanol–water partition coefficient (Wildman–Crippen LogP) is 1.74. The molecule has 1 amide bonds. The summed E-state index contributed by atoms with van der Waals surface area (Å²) in [5.74, 6) is -0.283. The molecule has 1 aliphatic rings. The van der Waals surface area contributed by atoms with Crippen LogP contribution in [-0.2, 0) is 16.1 Å². The Morgan fingerprint density at radius 3 is 2.65 bits per heavy atom. The molecule has 0 unspecified atom stereocenters. The normalized spacial score (nSPS) is 15.1. The van der Waals surface area contributed by atoms with E-state index in [1.807, 2.05) is 0 Å². The van der Waals surface area contributed by atoms with Gasteiger partial charge in [0.05, 0.1) is 6.54 Å². The molecule has 90 valence electrons. The van der Waals surface area contributed by atoms with Crippen molar-refractivity contribution in [1.29, 1.82) is 0 Å². The number of rotatable bonds is 2. The minimum atomic E-state index is -0.500. The third-order valence-corrected chi connectivity index (χ3v) is 2.56. The summed E-state index contributed by atoms with van der Waals surface area (Å²) in [6, 6.07) is 5.72. The first-order valence-electron chi connectivity index (χ1n) is 5.33. The van der Waals surface area contributed by atoms with Crippen LogP contribution < -0.4 is 0 Å². The van der Waals surface area contributed by atoms with E-state index in [-0.39, 0.29) is 24.8 Å². The lowest BCUT2D eigenvalue weighted by atomic mass is 10.2. The zero-order chi connectivity index (χ0) is 12.3. The fraction of sp³-hybridized carbons (Fsp3) is 0.333. The maximum absolute atomic E-state index is 12.6. The molecule has 2 rings (SSSR count). The Morgan fingerprint density at radius 1 is 1.35 bits per heavy atom. The van der Waals surface area contributed by atoms with Crippen molar-refractivity contribution in [3.05, 3.63) is 35.6 Å². The molecule has 0 N–H and O–H groups in total. The van der Waals surface area contributed by atoms with Gasteiger partial charge in [-0.15, -0.1) is 0 Å². The van der Waals surface area contributed by atoms with E-state index in [2.05, 4.69) is 0 Å². The van der Waals surface area contributed by atoms with Gasteiger partial charge in [0.1, 0.15) is 12.4 Å². The molecule has 1 saturated heterocycles. The first-order valence-corrected chi connectivity index (χ1v) is 5.33. The van der Waals surface area contributed by atoms with Crippen molar-refractivity contribution in [2.75, 3.05) is 13.1 Å². The summed E-state index contributed by atoms with van der Waals surface area (Å²) in [6.45, 7) is 0.632. The molecule has 0 radical (unpaired) electrons. The van der Waals surface area contributed by atoms with Crippen LogP contribution in [0, 0.1) is 5.82 Å². The van der Waals surface area contributed by atoms with Gasteiger partial charge in [0.15, 0.2) is 5.78 Å². The number of amides is 1. The van der Waals surface area contributed by atoms with Crippen LogP contribution in [-0.4, -0.2) is 29.9 Å². The topological polar surface area (TPSA) is 46.6 Å². The van der Waals surface area contributed by atoms with Gasteiger partial charge < -0.3 is 9.64 Å². The molecule has 0 atom stereocenters. The fourth-order valence-corrected chi connectivity index (χ4v) is 1.60. The Balaban J connectivity index is 1.84. The lowest BCUT2D eigenvalue weighted by Crippen LogP contribution is -2.29. The highest BCUT2D eigenvalue weighted by molar-refractivity contribution is 5.87. The van der Waals surface area contributed by atoms with Crippen LogP contribution in [0.3, 0.4) is 0 Å². The van der Waals surface area contributed by atoms with Gasteiger partial charge in [-0.1, -0.05) is 12.1 Å². The summed E-state index contributed by atoms with van der Waals surface area (Å²) >= 11 is 0. The number of ketones is 1. The highest BCUT2D eigenvalue weighted by Gasteiger charge is 2.24. The number of nitrogens with zero attached hydrogens (tertiary/aromatic N) is 1. The lowest BCUT2D eigenvalue weighted by molar-refractivity contribution is -0.116. The molecule has 1 fully saturated rings. The number of carbonyl (C=O) groups is 2. The smallest absolute Gasteiger partial charge is 0.410 e. The summed E-state index contributed by atoms with van der Waals surface area (Å²) in [5, 5.41) is 0. The van der Waals surface area contributed by atoms with Gasteiger partial charge in [-0.05, 0) is 17.7 Å². The second-order valence-electron chi connectivity index (χ2n) is 3.89. The first kappa shape index (κ1) is 11.6. The van der Waals surface area contributed by atoms with Gasteiger partial charge in [0.2, 0.25) is 0 Å². The van der Waals surface area contributed by atoms with Crippen LogP contribution >= 0.6 is 0 Å². The van der Waals surface area contributed by atoms with Gasteiger partial charge in [-0.25, -0.2) is 9.18 Å². The minimum Gasteiger partial charge on any atom is -0.445 e. The molecule has 1 aromatic carbocycles. The Bertz CT molecular complexity index is 430. The summed E-state index contributed by atoms with van der Waals surface area (Å²) < 4.78 is 17.6. The zero-order valence-electron chi connectivity index (χ0n) is 9.19. The third-order valence-electron chi connectivity index (χ3n) is 2.56.